The summed E-state index contributed by atoms with van der Waals surface area (Å²) in [5.74, 6) is 0.552. The van der Waals surface area contributed by atoms with Gasteiger partial charge in [0, 0.05) is 37.1 Å². The summed E-state index contributed by atoms with van der Waals surface area (Å²) in [4.78, 5) is 4.77. The van der Waals surface area contributed by atoms with Crippen molar-refractivity contribution in [3.63, 3.8) is 0 Å². The number of ether oxygens (including phenoxy) is 1. The molecule has 114 valence electrons. The molecular weight excluding hydrogens is 280 g/mol. The van der Waals surface area contributed by atoms with E-state index in [1.54, 1.807) is 18.4 Å². The van der Waals surface area contributed by atoms with Gasteiger partial charge < -0.3 is 10.1 Å². The van der Waals surface area contributed by atoms with Gasteiger partial charge in [-0.15, -0.1) is 11.3 Å². The van der Waals surface area contributed by atoms with Gasteiger partial charge >= 0.3 is 0 Å². The Balaban J connectivity index is 1.90. The molecule has 0 aliphatic carbocycles. The third kappa shape index (κ3) is 4.92. The molecule has 1 aromatic heterocycles. The molecule has 21 heavy (non-hydrogen) atoms. The number of methoxy groups -OCH3 is 1. The summed E-state index contributed by atoms with van der Waals surface area (Å²) in [6.45, 7) is 6.15. The molecule has 1 heterocycles. The molecule has 1 N–H and O–H groups in total. The Hall–Kier alpha value is -1.23. The zero-order valence-electron chi connectivity index (χ0n) is 13.0. The second kappa shape index (κ2) is 8.27. The largest absolute Gasteiger partial charge is 0.383 e. The van der Waals surface area contributed by atoms with Gasteiger partial charge in [0.2, 0.25) is 0 Å². The number of rotatable bonds is 8. The first-order valence-corrected chi connectivity index (χ1v) is 8.31. The van der Waals surface area contributed by atoms with E-state index in [2.05, 4.69) is 48.8 Å². The highest BCUT2D eigenvalue weighted by molar-refractivity contribution is 7.09. The minimum Gasteiger partial charge on any atom is -0.383 e. The van der Waals surface area contributed by atoms with Crippen molar-refractivity contribution in [2.45, 2.75) is 26.3 Å². The number of aromatic nitrogens is 1. The topological polar surface area (TPSA) is 34.1 Å². The van der Waals surface area contributed by atoms with Gasteiger partial charge in [0.15, 0.2) is 0 Å². The van der Waals surface area contributed by atoms with Crippen molar-refractivity contribution in [3.05, 3.63) is 40.7 Å². The van der Waals surface area contributed by atoms with Crippen LogP contribution in [0.2, 0.25) is 0 Å². The highest BCUT2D eigenvalue weighted by Gasteiger charge is 2.14. The molecule has 1 aromatic carbocycles. The van der Waals surface area contributed by atoms with E-state index in [9.17, 15) is 0 Å². The molecule has 0 aliphatic heterocycles. The Bertz CT molecular complexity index is 527. The Morgan fingerprint density at radius 3 is 2.71 bits per heavy atom. The van der Waals surface area contributed by atoms with Crippen LogP contribution in [0, 0.1) is 5.92 Å². The van der Waals surface area contributed by atoms with E-state index in [1.807, 2.05) is 6.07 Å². The zero-order chi connectivity index (χ0) is 15.1. The van der Waals surface area contributed by atoms with Gasteiger partial charge in [-0.2, -0.15) is 0 Å². The van der Waals surface area contributed by atoms with E-state index in [4.69, 9.17) is 9.72 Å². The van der Waals surface area contributed by atoms with Crippen molar-refractivity contribution in [2.75, 3.05) is 20.3 Å². The first kappa shape index (κ1) is 16.1. The predicted octanol–water partition coefficient (Wildman–Crippen LogP) is 3.61. The van der Waals surface area contributed by atoms with Crippen LogP contribution in [0.5, 0.6) is 0 Å². The molecule has 2 rings (SSSR count). The Morgan fingerprint density at radius 1 is 1.24 bits per heavy atom. The van der Waals surface area contributed by atoms with E-state index in [-0.39, 0.29) is 0 Å². The summed E-state index contributed by atoms with van der Waals surface area (Å²) >= 11 is 1.75. The smallest absolute Gasteiger partial charge is 0.0935 e. The number of nitrogens with zero attached hydrogens (tertiary/aromatic N) is 1. The second-order valence-electron chi connectivity index (χ2n) is 5.41. The Morgan fingerprint density at radius 2 is 2.00 bits per heavy atom. The maximum atomic E-state index is 5.07. The van der Waals surface area contributed by atoms with Crippen molar-refractivity contribution < 1.29 is 4.74 Å². The number of benzene rings is 1. The lowest BCUT2D eigenvalue weighted by Gasteiger charge is -2.20. The number of hydrogen-bond donors (Lipinski definition) is 1. The summed E-state index contributed by atoms with van der Waals surface area (Å²) in [6.07, 6.45) is 1.01. The summed E-state index contributed by atoms with van der Waals surface area (Å²) in [5, 5.41) is 6.86. The molecule has 0 radical (unpaired) electrons. The fraction of sp³-hybridized carbons (Fsp3) is 0.471. The molecule has 0 aliphatic rings. The maximum Gasteiger partial charge on any atom is 0.0935 e. The molecule has 2 unspecified atom stereocenters. The summed E-state index contributed by atoms with van der Waals surface area (Å²) in [6, 6.07) is 10.8. The van der Waals surface area contributed by atoms with Gasteiger partial charge in [-0.25, -0.2) is 4.98 Å². The van der Waals surface area contributed by atoms with Crippen LogP contribution in [0.1, 0.15) is 18.9 Å². The number of hydrogen-bond acceptors (Lipinski definition) is 4. The standard InChI is InChI=1S/C17H24N2OS/c1-13(14(2)18-9-10-20-3)11-17-19-16(12-21-17)15-7-5-4-6-8-15/h4-8,12-14,18H,9-11H2,1-3H3. The Labute approximate surface area is 131 Å². The van der Waals surface area contributed by atoms with E-state index < -0.39 is 0 Å². The maximum absolute atomic E-state index is 5.07. The molecule has 2 aromatic rings. The van der Waals surface area contributed by atoms with Crippen LogP contribution in [-0.4, -0.2) is 31.3 Å². The highest BCUT2D eigenvalue weighted by atomic mass is 32.1. The first-order chi connectivity index (χ1) is 10.2. The molecule has 0 saturated carbocycles. The van der Waals surface area contributed by atoms with Crippen molar-refractivity contribution in [2.24, 2.45) is 5.92 Å². The van der Waals surface area contributed by atoms with Gasteiger partial charge in [-0.05, 0) is 12.8 Å². The average molecular weight is 304 g/mol. The molecule has 0 fully saturated rings. The van der Waals surface area contributed by atoms with Crippen LogP contribution < -0.4 is 5.32 Å². The van der Waals surface area contributed by atoms with Gasteiger partial charge in [-0.3, -0.25) is 0 Å². The minimum absolute atomic E-state index is 0.462. The number of nitrogens with one attached hydrogen (secondary N) is 1. The van der Waals surface area contributed by atoms with Crippen LogP contribution in [-0.2, 0) is 11.2 Å². The van der Waals surface area contributed by atoms with Crippen molar-refractivity contribution in [3.8, 4) is 11.3 Å². The van der Waals surface area contributed by atoms with E-state index in [0.717, 1.165) is 25.3 Å². The second-order valence-corrected chi connectivity index (χ2v) is 6.35. The van der Waals surface area contributed by atoms with Crippen LogP contribution in [0.3, 0.4) is 0 Å². The van der Waals surface area contributed by atoms with Crippen LogP contribution in [0.4, 0.5) is 0 Å². The molecule has 3 nitrogen and oxygen atoms in total. The average Bonchev–Trinajstić information content (AvgIpc) is 2.97. The summed E-state index contributed by atoms with van der Waals surface area (Å²) in [5.41, 5.74) is 2.28. The van der Waals surface area contributed by atoms with E-state index in [0.29, 0.717) is 12.0 Å². The lowest BCUT2D eigenvalue weighted by atomic mass is 10.0. The quantitative estimate of drug-likeness (QED) is 0.756. The van der Waals surface area contributed by atoms with Crippen LogP contribution >= 0.6 is 11.3 Å². The fourth-order valence-electron chi connectivity index (χ4n) is 2.19. The van der Waals surface area contributed by atoms with Gasteiger partial charge in [0.1, 0.15) is 0 Å². The normalized spacial score (nSPS) is 14.0. The molecular formula is C17H24N2OS. The fourth-order valence-corrected chi connectivity index (χ4v) is 3.13. The van der Waals surface area contributed by atoms with E-state index in [1.165, 1.54) is 10.6 Å². The molecule has 0 bridgehead atoms. The molecule has 0 amide bonds. The lowest BCUT2D eigenvalue weighted by Crippen LogP contribution is -2.35. The van der Waals surface area contributed by atoms with Crippen LogP contribution in [0.25, 0.3) is 11.3 Å². The molecule has 4 heteroatoms. The van der Waals surface area contributed by atoms with Gasteiger partial charge in [0.05, 0.1) is 17.3 Å². The molecule has 0 spiro atoms. The van der Waals surface area contributed by atoms with E-state index >= 15 is 0 Å². The monoisotopic (exact) mass is 304 g/mol. The zero-order valence-corrected chi connectivity index (χ0v) is 13.8. The van der Waals surface area contributed by atoms with Crippen molar-refractivity contribution in [1.29, 1.82) is 0 Å². The SMILES string of the molecule is COCCNC(C)C(C)Cc1nc(-c2ccccc2)cs1. The van der Waals surface area contributed by atoms with Crippen LogP contribution in [0.15, 0.2) is 35.7 Å². The third-order valence-electron chi connectivity index (χ3n) is 3.74. The first-order valence-electron chi connectivity index (χ1n) is 7.43. The molecule has 0 saturated heterocycles. The lowest BCUT2D eigenvalue weighted by molar-refractivity contribution is 0.192. The predicted molar refractivity (Wildman–Crippen MR) is 89.8 cm³/mol. The van der Waals surface area contributed by atoms with Gasteiger partial charge in [0.25, 0.3) is 0 Å². The Kier molecular flexibility index (Phi) is 6.36. The van der Waals surface area contributed by atoms with Gasteiger partial charge in [-0.1, -0.05) is 37.3 Å². The third-order valence-corrected chi connectivity index (χ3v) is 4.62. The van der Waals surface area contributed by atoms with Crippen molar-refractivity contribution >= 4 is 11.3 Å². The number of thiazole rings is 1. The summed E-state index contributed by atoms with van der Waals surface area (Å²) < 4.78 is 5.07. The molecule has 2 atom stereocenters. The van der Waals surface area contributed by atoms with Crippen molar-refractivity contribution in [1.82, 2.24) is 10.3 Å². The minimum atomic E-state index is 0.462. The summed E-state index contributed by atoms with van der Waals surface area (Å²) in [7, 11) is 1.73. The highest BCUT2D eigenvalue weighted by Crippen LogP contribution is 2.23.